The first-order chi connectivity index (χ1) is 8.86. The number of amides is 1. The van der Waals surface area contributed by atoms with Crippen LogP contribution in [0.5, 0.6) is 5.75 Å². The molecule has 0 spiro atoms. The molecule has 0 aliphatic heterocycles. The van der Waals surface area contributed by atoms with Gasteiger partial charge < -0.3 is 15.8 Å². The van der Waals surface area contributed by atoms with E-state index in [9.17, 15) is 4.79 Å². The molecule has 0 saturated heterocycles. The van der Waals surface area contributed by atoms with Crippen LogP contribution < -0.4 is 15.8 Å². The second-order valence-electron chi connectivity index (χ2n) is 4.46. The van der Waals surface area contributed by atoms with Gasteiger partial charge in [0.25, 0.3) is 0 Å². The molecule has 1 atom stereocenters. The number of anilines is 1. The van der Waals surface area contributed by atoms with Gasteiger partial charge in [-0.2, -0.15) is 0 Å². The van der Waals surface area contributed by atoms with Gasteiger partial charge in [0, 0.05) is 11.8 Å². The Morgan fingerprint density at radius 2 is 2.11 bits per heavy atom. The minimum Gasteiger partial charge on any atom is -0.495 e. The molecule has 6 heteroatoms. The van der Waals surface area contributed by atoms with Crippen molar-refractivity contribution >= 4 is 40.4 Å². The number of carbonyl (C=O) groups is 1. The van der Waals surface area contributed by atoms with Crippen LogP contribution in [0.15, 0.2) is 18.2 Å². The standard InChI is InChI=1S/C13H17ClN2O2S/c1-7(2)11(12(15)19)13(17)16-8-4-5-9(14)10(6-8)18-3/h4-7,11H,1-3H3,(H2,15,19)(H,16,17). The van der Waals surface area contributed by atoms with Crippen LogP contribution in [0, 0.1) is 11.8 Å². The summed E-state index contributed by atoms with van der Waals surface area (Å²) >= 11 is 10.8. The molecule has 0 radical (unpaired) electrons. The molecule has 0 aromatic heterocycles. The van der Waals surface area contributed by atoms with Crippen molar-refractivity contribution in [1.29, 1.82) is 0 Å². The molecule has 0 saturated carbocycles. The number of carbonyl (C=O) groups excluding carboxylic acids is 1. The lowest BCUT2D eigenvalue weighted by molar-refractivity contribution is -0.118. The van der Waals surface area contributed by atoms with Crippen LogP contribution in [0.1, 0.15) is 13.8 Å². The zero-order chi connectivity index (χ0) is 14.6. The van der Waals surface area contributed by atoms with Gasteiger partial charge >= 0.3 is 0 Å². The quantitative estimate of drug-likeness (QED) is 0.821. The highest BCUT2D eigenvalue weighted by atomic mass is 35.5. The Balaban J connectivity index is 2.90. The number of methoxy groups -OCH3 is 1. The predicted molar refractivity (Wildman–Crippen MR) is 81.7 cm³/mol. The molecule has 0 fully saturated rings. The topological polar surface area (TPSA) is 64.3 Å². The van der Waals surface area contributed by atoms with E-state index >= 15 is 0 Å². The molecule has 0 bridgehead atoms. The lowest BCUT2D eigenvalue weighted by Gasteiger charge is -2.19. The average Bonchev–Trinajstić information content (AvgIpc) is 2.30. The van der Waals surface area contributed by atoms with E-state index in [4.69, 9.17) is 34.3 Å². The van der Waals surface area contributed by atoms with Gasteiger partial charge in [0.05, 0.1) is 23.0 Å². The first-order valence-electron chi connectivity index (χ1n) is 5.80. The van der Waals surface area contributed by atoms with Crippen LogP contribution in [0.25, 0.3) is 0 Å². The van der Waals surface area contributed by atoms with Gasteiger partial charge in [-0.05, 0) is 18.1 Å². The van der Waals surface area contributed by atoms with Crippen molar-refractivity contribution in [2.45, 2.75) is 13.8 Å². The molecule has 1 amide bonds. The predicted octanol–water partition coefficient (Wildman–Crippen LogP) is 2.85. The van der Waals surface area contributed by atoms with Crippen LogP contribution in [-0.2, 0) is 4.79 Å². The lowest BCUT2D eigenvalue weighted by Crippen LogP contribution is -2.36. The zero-order valence-electron chi connectivity index (χ0n) is 11.1. The number of nitrogens with two attached hydrogens (primary N) is 1. The van der Waals surface area contributed by atoms with Gasteiger partial charge in [-0.1, -0.05) is 37.7 Å². The van der Waals surface area contributed by atoms with E-state index in [1.807, 2.05) is 13.8 Å². The number of benzene rings is 1. The number of rotatable bonds is 5. The average molecular weight is 301 g/mol. The fourth-order valence-electron chi connectivity index (χ4n) is 1.72. The zero-order valence-corrected chi connectivity index (χ0v) is 12.6. The highest BCUT2D eigenvalue weighted by molar-refractivity contribution is 7.80. The molecule has 1 rings (SSSR count). The molecule has 3 N–H and O–H groups in total. The van der Waals surface area contributed by atoms with Gasteiger partial charge in [-0.25, -0.2) is 0 Å². The van der Waals surface area contributed by atoms with Crippen molar-refractivity contribution in [1.82, 2.24) is 0 Å². The summed E-state index contributed by atoms with van der Waals surface area (Å²) in [6.45, 7) is 3.79. The van der Waals surface area contributed by atoms with Gasteiger partial charge in [0.15, 0.2) is 0 Å². The molecule has 104 valence electrons. The van der Waals surface area contributed by atoms with Crippen molar-refractivity contribution in [3.05, 3.63) is 23.2 Å². The molecule has 19 heavy (non-hydrogen) atoms. The van der Waals surface area contributed by atoms with Crippen LogP contribution >= 0.6 is 23.8 Å². The van der Waals surface area contributed by atoms with E-state index in [-0.39, 0.29) is 16.8 Å². The van der Waals surface area contributed by atoms with Gasteiger partial charge in [0.2, 0.25) is 5.91 Å². The molecule has 1 aromatic rings. The third-order valence-electron chi connectivity index (χ3n) is 2.67. The normalized spacial score (nSPS) is 12.1. The highest BCUT2D eigenvalue weighted by Crippen LogP contribution is 2.27. The summed E-state index contributed by atoms with van der Waals surface area (Å²) in [6, 6.07) is 5.00. The Labute approximate surface area is 123 Å². The number of halogens is 1. The Kier molecular flexibility index (Phi) is 5.57. The van der Waals surface area contributed by atoms with E-state index in [1.54, 1.807) is 18.2 Å². The largest absolute Gasteiger partial charge is 0.495 e. The maximum Gasteiger partial charge on any atom is 0.234 e. The van der Waals surface area contributed by atoms with Gasteiger partial charge in [0.1, 0.15) is 5.75 Å². The van der Waals surface area contributed by atoms with Crippen molar-refractivity contribution in [2.24, 2.45) is 17.6 Å². The van der Waals surface area contributed by atoms with E-state index in [0.29, 0.717) is 16.5 Å². The third-order valence-corrected chi connectivity index (χ3v) is 3.24. The van der Waals surface area contributed by atoms with Crippen molar-refractivity contribution in [3.8, 4) is 5.75 Å². The number of ether oxygens (including phenoxy) is 1. The van der Waals surface area contributed by atoms with Crippen molar-refractivity contribution in [2.75, 3.05) is 12.4 Å². The van der Waals surface area contributed by atoms with E-state index in [2.05, 4.69) is 5.32 Å². The molecule has 1 aromatic carbocycles. The van der Waals surface area contributed by atoms with E-state index < -0.39 is 5.92 Å². The fraction of sp³-hybridized carbons (Fsp3) is 0.385. The fourth-order valence-corrected chi connectivity index (χ4v) is 2.29. The molecule has 1 unspecified atom stereocenters. The Morgan fingerprint density at radius 1 is 1.47 bits per heavy atom. The molecule has 0 heterocycles. The Morgan fingerprint density at radius 3 is 2.58 bits per heavy atom. The summed E-state index contributed by atoms with van der Waals surface area (Å²) in [4.78, 5) is 12.3. The maximum atomic E-state index is 12.1. The van der Waals surface area contributed by atoms with Gasteiger partial charge in [-0.3, -0.25) is 4.79 Å². The number of hydrogen-bond donors (Lipinski definition) is 2. The summed E-state index contributed by atoms with van der Waals surface area (Å²) in [6.07, 6.45) is 0. The summed E-state index contributed by atoms with van der Waals surface area (Å²) in [5.41, 5.74) is 6.19. The maximum absolute atomic E-state index is 12.1. The van der Waals surface area contributed by atoms with Crippen LogP contribution in [0.3, 0.4) is 0 Å². The van der Waals surface area contributed by atoms with Crippen LogP contribution in [0.2, 0.25) is 5.02 Å². The SMILES string of the molecule is COc1cc(NC(=O)C(C(N)=S)C(C)C)ccc1Cl. The molecule has 0 aliphatic rings. The van der Waals surface area contributed by atoms with E-state index in [0.717, 1.165) is 0 Å². The first kappa shape index (κ1) is 15.7. The first-order valence-corrected chi connectivity index (χ1v) is 6.59. The molecule has 4 nitrogen and oxygen atoms in total. The summed E-state index contributed by atoms with van der Waals surface area (Å²) in [5, 5.41) is 3.24. The molecular weight excluding hydrogens is 284 g/mol. The second-order valence-corrected chi connectivity index (χ2v) is 5.34. The van der Waals surface area contributed by atoms with Crippen LogP contribution in [-0.4, -0.2) is 18.0 Å². The van der Waals surface area contributed by atoms with Crippen molar-refractivity contribution in [3.63, 3.8) is 0 Å². The summed E-state index contributed by atoms with van der Waals surface area (Å²) in [7, 11) is 1.51. The third kappa shape index (κ3) is 4.08. The number of hydrogen-bond acceptors (Lipinski definition) is 3. The molecular formula is C13H17ClN2O2S. The van der Waals surface area contributed by atoms with Crippen molar-refractivity contribution < 1.29 is 9.53 Å². The number of thiocarbonyl (C=S) groups is 1. The Hall–Kier alpha value is -1.33. The van der Waals surface area contributed by atoms with Crippen LogP contribution in [0.4, 0.5) is 5.69 Å². The Bertz CT molecular complexity index is 492. The minimum atomic E-state index is -0.503. The monoisotopic (exact) mass is 300 g/mol. The van der Waals surface area contributed by atoms with Gasteiger partial charge in [-0.15, -0.1) is 0 Å². The highest BCUT2D eigenvalue weighted by Gasteiger charge is 2.25. The van der Waals surface area contributed by atoms with E-state index in [1.165, 1.54) is 7.11 Å². The lowest BCUT2D eigenvalue weighted by atomic mass is 9.95. The number of nitrogens with one attached hydrogen (secondary N) is 1. The smallest absolute Gasteiger partial charge is 0.234 e. The second kappa shape index (κ2) is 6.73. The summed E-state index contributed by atoms with van der Waals surface area (Å²) < 4.78 is 5.09. The minimum absolute atomic E-state index is 0.0340. The summed E-state index contributed by atoms with van der Waals surface area (Å²) in [5.74, 6) is -0.203. The molecule has 0 aliphatic carbocycles.